The summed E-state index contributed by atoms with van der Waals surface area (Å²) in [6.07, 6.45) is 4.37. The molecule has 1 saturated carbocycles. The molecule has 2 heterocycles. The van der Waals surface area contributed by atoms with Crippen LogP contribution in [0.1, 0.15) is 50.2 Å². The number of piperidine rings is 1. The van der Waals surface area contributed by atoms with E-state index in [1.54, 1.807) is 6.92 Å². The Hall–Kier alpha value is -3.59. The van der Waals surface area contributed by atoms with Crippen molar-refractivity contribution in [3.8, 4) is 11.8 Å². The third-order valence-electron chi connectivity index (χ3n) is 8.23. The van der Waals surface area contributed by atoms with Crippen LogP contribution in [-0.4, -0.2) is 52.8 Å². The number of benzene rings is 2. The van der Waals surface area contributed by atoms with Crippen molar-refractivity contribution in [2.24, 2.45) is 5.92 Å². The molecule has 3 fully saturated rings. The Balaban J connectivity index is 1.33. The molecular formula is C30H33N3O3. The maximum Gasteiger partial charge on any atom is 0.325 e. The summed E-state index contributed by atoms with van der Waals surface area (Å²) in [6.45, 7) is 3.01. The van der Waals surface area contributed by atoms with Crippen molar-refractivity contribution in [2.75, 3.05) is 19.6 Å². The average Bonchev–Trinajstić information content (AvgIpc) is 3.70. The molecule has 0 bridgehead atoms. The molecule has 0 aromatic heterocycles. The largest absolute Gasteiger partial charge is 0.342 e. The predicted octanol–water partition coefficient (Wildman–Crippen LogP) is 3.90. The van der Waals surface area contributed by atoms with Gasteiger partial charge in [0.2, 0.25) is 5.91 Å². The molecule has 186 valence electrons. The standard InChI is InChI=1S/C30H33N3O3/c1-2-3-20-33-27(35)30(31-28(33)36,17-14-23-10-6-4-7-11-23)25-15-21-32(22-16-25)26(34)29(18-19-29)24-12-8-5-9-13-24/h4-13,25H,14-22H2,1H3,(H,31,36). The summed E-state index contributed by atoms with van der Waals surface area (Å²) in [4.78, 5) is 43.4. The molecule has 6 heteroatoms. The first-order valence-corrected chi connectivity index (χ1v) is 12.9. The highest BCUT2D eigenvalue weighted by Crippen LogP contribution is 2.50. The van der Waals surface area contributed by atoms with Crippen LogP contribution in [-0.2, 0) is 21.4 Å². The molecule has 2 saturated heterocycles. The van der Waals surface area contributed by atoms with Gasteiger partial charge in [0, 0.05) is 13.1 Å². The molecule has 2 aliphatic heterocycles. The number of hydrogen-bond acceptors (Lipinski definition) is 3. The lowest BCUT2D eigenvalue weighted by Gasteiger charge is -2.42. The summed E-state index contributed by atoms with van der Waals surface area (Å²) in [5, 5.41) is 3.09. The number of urea groups is 1. The topological polar surface area (TPSA) is 69.7 Å². The lowest BCUT2D eigenvalue weighted by Crippen LogP contribution is -2.57. The quantitative estimate of drug-likeness (QED) is 0.480. The van der Waals surface area contributed by atoms with E-state index in [-0.39, 0.29) is 35.7 Å². The van der Waals surface area contributed by atoms with E-state index in [1.807, 2.05) is 41.3 Å². The van der Waals surface area contributed by atoms with Crippen molar-refractivity contribution < 1.29 is 14.4 Å². The average molecular weight is 484 g/mol. The summed E-state index contributed by atoms with van der Waals surface area (Å²) in [5.74, 6) is 5.64. The van der Waals surface area contributed by atoms with E-state index in [0.717, 1.165) is 24.0 Å². The molecule has 1 aliphatic carbocycles. The number of nitrogens with one attached hydrogen (secondary N) is 1. The van der Waals surface area contributed by atoms with Crippen molar-refractivity contribution in [3.63, 3.8) is 0 Å². The number of likely N-dealkylation sites (tertiary alicyclic amines) is 1. The van der Waals surface area contributed by atoms with Crippen LogP contribution in [0.2, 0.25) is 0 Å². The lowest BCUT2D eigenvalue weighted by atomic mass is 9.74. The van der Waals surface area contributed by atoms with Crippen LogP contribution in [0.4, 0.5) is 4.79 Å². The van der Waals surface area contributed by atoms with Crippen LogP contribution in [0.5, 0.6) is 0 Å². The normalized spacial score (nSPS) is 23.1. The minimum absolute atomic E-state index is 0.0341. The van der Waals surface area contributed by atoms with Crippen molar-refractivity contribution in [1.82, 2.24) is 15.1 Å². The van der Waals surface area contributed by atoms with Gasteiger partial charge in [0.1, 0.15) is 5.54 Å². The Kier molecular flexibility index (Phi) is 6.57. The molecular weight excluding hydrogens is 450 g/mol. The minimum Gasteiger partial charge on any atom is -0.342 e. The Bertz CT molecular complexity index is 1190. The van der Waals surface area contributed by atoms with Gasteiger partial charge in [-0.2, -0.15) is 0 Å². The molecule has 6 nitrogen and oxygen atoms in total. The second kappa shape index (κ2) is 9.81. The van der Waals surface area contributed by atoms with Gasteiger partial charge < -0.3 is 10.2 Å². The zero-order valence-corrected chi connectivity index (χ0v) is 20.8. The SMILES string of the molecule is CC#CCN1C(=O)NC(CCc2ccccc2)(C2CCN(C(=O)C3(c4ccccc4)CC3)CC2)C1=O. The monoisotopic (exact) mass is 483 g/mol. The van der Waals surface area contributed by atoms with E-state index in [9.17, 15) is 14.4 Å². The van der Waals surface area contributed by atoms with Gasteiger partial charge in [0.05, 0.1) is 12.0 Å². The number of imide groups is 1. The van der Waals surface area contributed by atoms with Gasteiger partial charge in [-0.05, 0) is 62.5 Å². The second-order valence-electron chi connectivity index (χ2n) is 10.2. The van der Waals surface area contributed by atoms with Gasteiger partial charge >= 0.3 is 6.03 Å². The fourth-order valence-electron chi connectivity index (χ4n) is 5.97. The van der Waals surface area contributed by atoms with Gasteiger partial charge in [-0.15, -0.1) is 5.92 Å². The molecule has 1 unspecified atom stereocenters. The molecule has 2 aromatic rings. The second-order valence-corrected chi connectivity index (χ2v) is 10.2. The molecule has 5 rings (SSSR count). The van der Waals surface area contributed by atoms with Crippen molar-refractivity contribution in [2.45, 2.75) is 56.4 Å². The highest BCUT2D eigenvalue weighted by atomic mass is 16.2. The Labute approximate surface area is 213 Å². The summed E-state index contributed by atoms with van der Waals surface area (Å²) >= 11 is 0. The number of nitrogens with zero attached hydrogens (tertiary/aromatic N) is 2. The van der Waals surface area contributed by atoms with Crippen molar-refractivity contribution >= 4 is 17.8 Å². The molecule has 2 aromatic carbocycles. The molecule has 4 amide bonds. The number of amides is 4. The van der Waals surface area contributed by atoms with Crippen LogP contribution in [0, 0.1) is 17.8 Å². The molecule has 0 spiro atoms. The van der Waals surface area contributed by atoms with E-state index < -0.39 is 5.54 Å². The van der Waals surface area contributed by atoms with Crippen LogP contribution in [0.25, 0.3) is 0 Å². The third kappa shape index (κ3) is 4.28. The maximum absolute atomic E-state index is 13.7. The summed E-state index contributed by atoms with van der Waals surface area (Å²) in [6, 6.07) is 19.8. The highest BCUT2D eigenvalue weighted by molar-refractivity contribution is 6.07. The van der Waals surface area contributed by atoms with Crippen molar-refractivity contribution in [3.05, 3.63) is 71.8 Å². The first-order valence-electron chi connectivity index (χ1n) is 12.9. The first kappa shape index (κ1) is 24.1. The van der Waals surface area contributed by atoms with Crippen LogP contribution >= 0.6 is 0 Å². The number of rotatable bonds is 7. The van der Waals surface area contributed by atoms with Gasteiger partial charge in [-0.25, -0.2) is 4.79 Å². The lowest BCUT2D eigenvalue weighted by molar-refractivity contribution is -0.137. The summed E-state index contributed by atoms with van der Waals surface area (Å²) < 4.78 is 0. The molecule has 0 radical (unpaired) electrons. The highest BCUT2D eigenvalue weighted by Gasteiger charge is 2.57. The molecule has 3 aliphatic rings. The van der Waals surface area contributed by atoms with Crippen molar-refractivity contribution in [1.29, 1.82) is 0 Å². The fourth-order valence-corrected chi connectivity index (χ4v) is 5.97. The summed E-state index contributed by atoms with van der Waals surface area (Å²) in [5.41, 5.74) is 0.888. The molecule has 1 atom stereocenters. The maximum atomic E-state index is 13.7. The summed E-state index contributed by atoms with van der Waals surface area (Å²) in [7, 11) is 0. The fraction of sp³-hybridized carbons (Fsp3) is 0.433. The van der Waals surface area contributed by atoms with Gasteiger partial charge in [0.25, 0.3) is 5.91 Å². The van der Waals surface area contributed by atoms with Gasteiger partial charge in [-0.3, -0.25) is 14.5 Å². The van der Waals surface area contributed by atoms with Crippen LogP contribution < -0.4 is 5.32 Å². The number of hydrogen-bond donors (Lipinski definition) is 1. The van der Waals surface area contributed by atoms with Gasteiger partial charge in [0.15, 0.2) is 0 Å². The zero-order valence-electron chi connectivity index (χ0n) is 20.8. The van der Waals surface area contributed by atoms with E-state index in [4.69, 9.17) is 0 Å². The zero-order chi connectivity index (χ0) is 25.2. The Morgan fingerprint density at radius 2 is 1.64 bits per heavy atom. The Morgan fingerprint density at radius 1 is 1.00 bits per heavy atom. The van der Waals surface area contributed by atoms with Crippen LogP contribution in [0.15, 0.2) is 60.7 Å². The van der Waals surface area contributed by atoms with E-state index >= 15 is 0 Å². The predicted molar refractivity (Wildman–Crippen MR) is 138 cm³/mol. The smallest absolute Gasteiger partial charge is 0.325 e. The minimum atomic E-state index is -0.964. The number of aryl methyl sites for hydroxylation is 1. The van der Waals surface area contributed by atoms with Crippen LogP contribution in [0.3, 0.4) is 0 Å². The molecule has 1 N–H and O–H groups in total. The number of carbonyl (C=O) groups is 3. The third-order valence-corrected chi connectivity index (χ3v) is 8.23. The first-order chi connectivity index (χ1) is 17.5. The van der Waals surface area contributed by atoms with E-state index in [0.29, 0.717) is 38.8 Å². The number of carbonyl (C=O) groups excluding carboxylic acids is 3. The van der Waals surface area contributed by atoms with E-state index in [2.05, 4.69) is 41.4 Å². The van der Waals surface area contributed by atoms with E-state index in [1.165, 1.54) is 4.90 Å². The van der Waals surface area contributed by atoms with Gasteiger partial charge in [-0.1, -0.05) is 66.6 Å². The molecule has 36 heavy (non-hydrogen) atoms. The Morgan fingerprint density at radius 3 is 2.25 bits per heavy atom.